The minimum Gasteiger partial charge on any atom is -0.372 e. The first kappa shape index (κ1) is 16.9. The van der Waals surface area contributed by atoms with Gasteiger partial charge in [0.1, 0.15) is 0 Å². The van der Waals surface area contributed by atoms with Crippen LogP contribution >= 0.6 is 0 Å². The van der Waals surface area contributed by atoms with E-state index in [1.807, 2.05) is 18.7 Å². The van der Waals surface area contributed by atoms with Gasteiger partial charge in [0, 0.05) is 33.2 Å². The summed E-state index contributed by atoms with van der Waals surface area (Å²) < 4.78 is 32.9. The predicted molar refractivity (Wildman–Crippen MR) is 87.5 cm³/mol. The maximum absolute atomic E-state index is 11.1. The highest BCUT2D eigenvalue weighted by molar-refractivity contribution is 7.88. The molecule has 0 aromatic carbocycles. The van der Waals surface area contributed by atoms with E-state index in [1.165, 1.54) is 11.9 Å². The van der Waals surface area contributed by atoms with Crippen molar-refractivity contribution < 1.29 is 13.2 Å². The Morgan fingerprint density at radius 1 is 1.48 bits per heavy atom. The fraction of sp³-hybridized carbons (Fsp3) is 0.800. The summed E-state index contributed by atoms with van der Waals surface area (Å²) in [6, 6.07) is 2.12. The molecule has 0 unspecified atom stereocenters. The summed E-state index contributed by atoms with van der Waals surface area (Å²) in [4.78, 5) is 2.38. The first-order valence-electron chi connectivity index (χ1n) is 8.05. The smallest absolute Gasteiger partial charge is 0.208 e. The quantitative estimate of drug-likeness (QED) is 0.831. The van der Waals surface area contributed by atoms with Crippen LogP contribution in [0.4, 0.5) is 0 Å². The molecule has 3 heterocycles. The van der Waals surface area contributed by atoms with E-state index in [0.29, 0.717) is 13.2 Å². The van der Waals surface area contributed by atoms with Crippen molar-refractivity contribution in [3.8, 4) is 0 Å². The molecule has 0 radical (unpaired) electrons. The molecule has 2 fully saturated rings. The van der Waals surface area contributed by atoms with Gasteiger partial charge >= 0.3 is 0 Å². The Morgan fingerprint density at radius 2 is 2.22 bits per heavy atom. The number of nitrogens with one attached hydrogen (secondary N) is 1. The minimum absolute atomic E-state index is 0.0186. The summed E-state index contributed by atoms with van der Waals surface area (Å²) in [5.41, 5.74) is 2.26. The SMILES string of the molecule is Cc1cc(CN2CC3(CC[C@@H](CNS(C)(=O)=O)CO3)C2)n(C)n1. The topological polar surface area (TPSA) is 76.5 Å². The van der Waals surface area contributed by atoms with Crippen molar-refractivity contribution in [2.45, 2.75) is 31.9 Å². The summed E-state index contributed by atoms with van der Waals surface area (Å²) in [7, 11) is -1.13. The summed E-state index contributed by atoms with van der Waals surface area (Å²) in [5, 5.41) is 4.38. The van der Waals surface area contributed by atoms with Crippen LogP contribution in [-0.2, 0) is 28.4 Å². The highest BCUT2D eigenvalue weighted by atomic mass is 32.2. The van der Waals surface area contributed by atoms with Crippen LogP contribution in [0.3, 0.4) is 0 Å². The van der Waals surface area contributed by atoms with Crippen LogP contribution < -0.4 is 4.72 Å². The molecule has 0 saturated carbocycles. The molecule has 0 aliphatic carbocycles. The number of aromatic nitrogens is 2. The molecular formula is C15H26N4O3S. The summed E-state index contributed by atoms with van der Waals surface area (Å²) in [6.07, 6.45) is 3.22. The van der Waals surface area contributed by atoms with Crippen LogP contribution in [0.2, 0.25) is 0 Å². The van der Waals surface area contributed by atoms with Crippen molar-refractivity contribution in [3.63, 3.8) is 0 Å². The van der Waals surface area contributed by atoms with Crippen molar-refractivity contribution in [2.75, 3.05) is 32.5 Å². The largest absolute Gasteiger partial charge is 0.372 e. The molecule has 2 aliphatic rings. The van der Waals surface area contributed by atoms with Gasteiger partial charge in [-0.2, -0.15) is 5.10 Å². The van der Waals surface area contributed by atoms with Gasteiger partial charge < -0.3 is 4.74 Å². The molecule has 1 N–H and O–H groups in total. The van der Waals surface area contributed by atoms with Crippen molar-refractivity contribution in [1.29, 1.82) is 0 Å². The number of nitrogens with zero attached hydrogens (tertiary/aromatic N) is 3. The molecule has 1 aromatic heterocycles. The number of rotatable bonds is 5. The van der Waals surface area contributed by atoms with Crippen LogP contribution in [0.25, 0.3) is 0 Å². The molecule has 2 aliphatic heterocycles. The Kier molecular flexibility index (Phi) is 4.52. The molecule has 7 nitrogen and oxygen atoms in total. The number of likely N-dealkylation sites (tertiary alicyclic amines) is 1. The molecule has 0 bridgehead atoms. The van der Waals surface area contributed by atoms with Gasteiger partial charge in [-0.15, -0.1) is 0 Å². The Morgan fingerprint density at radius 3 is 2.74 bits per heavy atom. The molecular weight excluding hydrogens is 316 g/mol. The number of hydrogen-bond donors (Lipinski definition) is 1. The first-order chi connectivity index (χ1) is 10.7. The lowest BCUT2D eigenvalue weighted by atomic mass is 9.83. The van der Waals surface area contributed by atoms with E-state index in [2.05, 4.69) is 20.8 Å². The zero-order valence-electron chi connectivity index (χ0n) is 14.1. The zero-order chi connectivity index (χ0) is 16.7. The van der Waals surface area contributed by atoms with Gasteiger partial charge in [0.2, 0.25) is 10.0 Å². The molecule has 0 amide bonds. The normalized spacial score (nSPS) is 24.7. The molecule has 23 heavy (non-hydrogen) atoms. The summed E-state index contributed by atoms with van der Waals surface area (Å²) in [6.45, 7) is 5.93. The van der Waals surface area contributed by atoms with E-state index in [-0.39, 0.29) is 11.5 Å². The van der Waals surface area contributed by atoms with Crippen molar-refractivity contribution in [3.05, 3.63) is 17.5 Å². The maximum atomic E-state index is 11.1. The summed E-state index contributed by atoms with van der Waals surface area (Å²) >= 11 is 0. The van der Waals surface area contributed by atoms with E-state index in [9.17, 15) is 8.42 Å². The van der Waals surface area contributed by atoms with E-state index in [4.69, 9.17) is 4.74 Å². The molecule has 1 spiro atoms. The Labute approximate surface area is 138 Å². The third kappa shape index (κ3) is 4.12. The van der Waals surface area contributed by atoms with Crippen LogP contribution in [-0.4, -0.2) is 61.2 Å². The molecule has 130 valence electrons. The lowest BCUT2D eigenvalue weighted by molar-refractivity contribution is -0.181. The molecule has 8 heteroatoms. The second-order valence-electron chi connectivity index (χ2n) is 7.07. The average molecular weight is 342 g/mol. The highest BCUT2D eigenvalue weighted by Crippen LogP contribution is 2.36. The first-order valence-corrected chi connectivity index (χ1v) is 9.94. The van der Waals surface area contributed by atoms with Gasteiger partial charge in [-0.25, -0.2) is 13.1 Å². The third-order valence-electron chi connectivity index (χ3n) is 4.78. The number of aryl methyl sites for hydroxylation is 2. The highest BCUT2D eigenvalue weighted by Gasteiger charge is 2.46. The maximum Gasteiger partial charge on any atom is 0.208 e. The van der Waals surface area contributed by atoms with Crippen molar-refractivity contribution in [1.82, 2.24) is 19.4 Å². The lowest BCUT2D eigenvalue weighted by Gasteiger charge is -2.52. The number of sulfonamides is 1. The standard InChI is InChI=1S/C15H26N4O3S/c1-12-6-14(18(2)17-12)8-19-10-15(11-19)5-4-13(9-22-15)7-16-23(3,20)21/h6,13,16H,4-5,7-11H2,1-3H3/t13-/m0/s1. The number of hydrogen-bond acceptors (Lipinski definition) is 5. The van der Waals surface area contributed by atoms with Crippen molar-refractivity contribution >= 4 is 10.0 Å². The lowest BCUT2D eigenvalue weighted by Crippen LogP contribution is -2.64. The van der Waals surface area contributed by atoms with Gasteiger partial charge in [-0.05, 0) is 31.7 Å². The van der Waals surface area contributed by atoms with Gasteiger partial charge in [0.05, 0.1) is 29.9 Å². The van der Waals surface area contributed by atoms with E-state index >= 15 is 0 Å². The Bertz CT molecular complexity index is 654. The van der Waals surface area contributed by atoms with E-state index in [0.717, 1.165) is 38.2 Å². The van der Waals surface area contributed by atoms with Crippen LogP contribution in [0.15, 0.2) is 6.07 Å². The van der Waals surface area contributed by atoms with Crippen LogP contribution in [0.1, 0.15) is 24.2 Å². The molecule has 2 saturated heterocycles. The molecule has 1 atom stereocenters. The Balaban J connectivity index is 1.44. The minimum atomic E-state index is -3.11. The van der Waals surface area contributed by atoms with Gasteiger partial charge in [-0.1, -0.05) is 0 Å². The second kappa shape index (κ2) is 6.16. The zero-order valence-corrected chi connectivity index (χ0v) is 14.9. The predicted octanol–water partition coefficient (Wildman–Crippen LogP) is 0.259. The second-order valence-corrected chi connectivity index (χ2v) is 8.90. The van der Waals surface area contributed by atoms with Crippen LogP contribution in [0.5, 0.6) is 0 Å². The fourth-order valence-electron chi connectivity index (χ4n) is 3.52. The molecule has 1 aromatic rings. The average Bonchev–Trinajstić information content (AvgIpc) is 2.73. The molecule has 3 rings (SSSR count). The summed E-state index contributed by atoms with van der Waals surface area (Å²) in [5.74, 6) is 0.282. The van der Waals surface area contributed by atoms with Gasteiger partial charge in [0.25, 0.3) is 0 Å². The van der Waals surface area contributed by atoms with Crippen LogP contribution in [0, 0.1) is 12.8 Å². The van der Waals surface area contributed by atoms with Crippen molar-refractivity contribution in [2.24, 2.45) is 13.0 Å². The van der Waals surface area contributed by atoms with E-state index in [1.54, 1.807) is 0 Å². The Hall–Kier alpha value is -0.960. The van der Waals surface area contributed by atoms with Gasteiger partial charge in [0.15, 0.2) is 0 Å². The monoisotopic (exact) mass is 342 g/mol. The number of ether oxygens (including phenoxy) is 1. The van der Waals surface area contributed by atoms with Gasteiger partial charge in [-0.3, -0.25) is 9.58 Å². The van der Waals surface area contributed by atoms with E-state index < -0.39 is 10.0 Å². The fourth-order valence-corrected chi connectivity index (χ4v) is 4.06. The third-order valence-corrected chi connectivity index (χ3v) is 5.47.